The SMILES string of the molecule is CCC1CCN2c3cccc(C#N)c3NC(=O)C2C1. The minimum atomic E-state index is -0.0693. The number of para-hydroxylation sites is 1. The summed E-state index contributed by atoms with van der Waals surface area (Å²) in [6.07, 6.45) is 3.16. The van der Waals surface area contributed by atoms with Crippen molar-refractivity contribution in [1.82, 2.24) is 0 Å². The highest BCUT2D eigenvalue weighted by Gasteiger charge is 2.38. The normalized spacial score (nSPS) is 25.1. The highest BCUT2D eigenvalue weighted by atomic mass is 16.2. The maximum Gasteiger partial charge on any atom is 0.247 e. The van der Waals surface area contributed by atoms with Crippen molar-refractivity contribution >= 4 is 17.3 Å². The number of benzene rings is 1. The van der Waals surface area contributed by atoms with Crippen LogP contribution >= 0.6 is 0 Å². The molecule has 4 heteroatoms. The summed E-state index contributed by atoms with van der Waals surface area (Å²) >= 11 is 0. The number of carbonyl (C=O) groups is 1. The van der Waals surface area contributed by atoms with Crippen molar-refractivity contribution in [3.05, 3.63) is 23.8 Å². The lowest BCUT2D eigenvalue weighted by atomic mass is 9.86. The predicted molar refractivity (Wildman–Crippen MR) is 73.9 cm³/mol. The third kappa shape index (κ3) is 1.86. The number of nitriles is 1. The molecule has 0 saturated carbocycles. The Morgan fingerprint density at radius 1 is 1.53 bits per heavy atom. The molecule has 1 aromatic carbocycles. The van der Waals surface area contributed by atoms with Gasteiger partial charge in [0.2, 0.25) is 5.91 Å². The molecule has 0 aromatic heterocycles. The maximum absolute atomic E-state index is 12.3. The van der Waals surface area contributed by atoms with Gasteiger partial charge in [-0.2, -0.15) is 5.26 Å². The van der Waals surface area contributed by atoms with E-state index in [0.717, 1.165) is 31.5 Å². The highest BCUT2D eigenvalue weighted by Crippen LogP contribution is 2.39. The van der Waals surface area contributed by atoms with Crippen molar-refractivity contribution in [1.29, 1.82) is 5.26 Å². The molecule has 1 amide bonds. The standard InChI is InChI=1S/C15H17N3O/c1-2-10-6-7-18-12-5-3-4-11(9-16)14(12)17-15(19)13(18)8-10/h3-5,10,13H,2,6-8H2,1H3,(H,17,19). The predicted octanol–water partition coefficient (Wildman–Crippen LogP) is 2.51. The number of carbonyl (C=O) groups excluding carboxylic acids is 1. The van der Waals surface area contributed by atoms with Crippen LogP contribution in [-0.2, 0) is 4.79 Å². The Balaban J connectivity index is 2.01. The Morgan fingerprint density at radius 2 is 2.37 bits per heavy atom. The van der Waals surface area contributed by atoms with E-state index in [1.807, 2.05) is 12.1 Å². The third-order valence-electron chi connectivity index (χ3n) is 4.31. The molecule has 0 radical (unpaired) electrons. The Labute approximate surface area is 113 Å². The van der Waals surface area contributed by atoms with Gasteiger partial charge in [0, 0.05) is 6.54 Å². The number of piperidine rings is 1. The van der Waals surface area contributed by atoms with E-state index in [2.05, 4.69) is 23.2 Å². The number of hydrogen-bond acceptors (Lipinski definition) is 3. The second-order valence-corrected chi connectivity index (χ2v) is 5.31. The van der Waals surface area contributed by atoms with Crippen LogP contribution in [0.5, 0.6) is 0 Å². The van der Waals surface area contributed by atoms with Crippen molar-refractivity contribution in [2.24, 2.45) is 5.92 Å². The molecule has 1 N–H and O–H groups in total. The van der Waals surface area contributed by atoms with Gasteiger partial charge in [-0.05, 0) is 30.9 Å². The molecule has 2 aliphatic rings. The molecule has 1 fully saturated rings. The Kier molecular flexibility index (Phi) is 2.90. The summed E-state index contributed by atoms with van der Waals surface area (Å²) in [6, 6.07) is 7.71. The van der Waals surface area contributed by atoms with E-state index in [0.29, 0.717) is 17.2 Å². The first kappa shape index (κ1) is 12.0. The number of anilines is 2. The molecule has 1 saturated heterocycles. The van der Waals surface area contributed by atoms with Crippen molar-refractivity contribution in [3.63, 3.8) is 0 Å². The molecular formula is C15H17N3O. The van der Waals surface area contributed by atoms with Gasteiger partial charge in [0.1, 0.15) is 12.1 Å². The molecule has 0 bridgehead atoms. The van der Waals surface area contributed by atoms with Crippen LogP contribution in [0.4, 0.5) is 11.4 Å². The molecule has 98 valence electrons. The summed E-state index contributed by atoms with van der Waals surface area (Å²) in [7, 11) is 0. The second kappa shape index (κ2) is 4.58. The smallest absolute Gasteiger partial charge is 0.247 e. The number of amides is 1. The lowest BCUT2D eigenvalue weighted by Gasteiger charge is -2.43. The van der Waals surface area contributed by atoms with Gasteiger partial charge in [0.15, 0.2) is 0 Å². The fraction of sp³-hybridized carbons (Fsp3) is 0.467. The molecule has 2 atom stereocenters. The zero-order valence-corrected chi connectivity index (χ0v) is 11.0. The fourth-order valence-corrected chi connectivity index (χ4v) is 3.16. The molecule has 4 nitrogen and oxygen atoms in total. The Bertz CT molecular complexity index is 561. The zero-order valence-electron chi connectivity index (χ0n) is 11.0. The number of nitrogens with zero attached hydrogens (tertiary/aromatic N) is 2. The van der Waals surface area contributed by atoms with Crippen LogP contribution in [0.15, 0.2) is 18.2 Å². The first-order valence-electron chi connectivity index (χ1n) is 6.85. The van der Waals surface area contributed by atoms with Crippen molar-refractivity contribution < 1.29 is 4.79 Å². The summed E-state index contributed by atoms with van der Waals surface area (Å²) in [5, 5.41) is 12.1. The average Bonchev–Trinajstić information content (AvgIpc) is 2.46. The van der Waals surface area contributed by atoms with Crippen LogP contribution in [-0.4, -0.2) is 18.5 Å². The maximum atomic E-state index is 12.3. The molecule has 3 rings (SSSR count). The largest absolute Gasteiger partial charge is 0.358 e. The van der Waals surface area contributed by atoms with Crippen molar-refractivity contribution in [2.75, 3.05) is 16.8 Å². The molecule has 2 unspecified atom stereocenters. The van der Waals surface area contributed by atoms with E-state index >= 15 is 0 Å². The first-order chi connectivity index (χ1) is 9.24. The summed E-state index contributed by atoms with van der Waals surface area (Å²) in [6.45, 7) is 3.08. The van der Waals surface area contributed by atoms with Crippen LogP contribution in [0.2, 0.25) is 0 Å². The minimum Gasteiger partial charge on any atom is -0.358 e. The lowest BCUT2D eigenvalue weighted by molar-refractivity contribution is -0.118. The van der Waals surface area contributed by atoms with Crippen LogP contribution < -0.4 is 10.2 Å². The summed E-state index contributed by atoms with van der Waals surface area (Å²) in [4.78, 5) is 14.4. The molecule has 1 aromatic rings. The second-order valence-electron chi connectivity index (χ2n) is 5.31. The molecule has 0 spiro atoms. The van der Waals surface area contributed by atoms with E-state index < -0.39 is 0 Å². The average molecular weight is 255 g/mol. The van der Waals surface area contributed by atoms with E-state index in [-0.39, 0.29) is 11.9 Å². The number of hydrogen-bond donors (Lipinski definition) is 1. The highest BCUT2D eigenvalue weighted by molar-refractivity contribution is 6.05. The molecule has 2 heterocycles. The summed E-state index contributed by atoms with van der Waals surface area (Å²) in [5.41, 5.74) is 2.22. The molecule has 0 aliphatic carbocycles. The Morgan fingerprint density at radius 3 is 3.11 bits per heavy atom. The molecular weight excluding hydrogens is 238 g/mol. The molecule has 19 heavy (non-hydrogen) atoms. The number of rotatable bonds is 1. The van der Waals surface area contributed by atoms with Crippen LogP contribution in [0.25, 0.3) is 0 Å². The van der Waals surface area contributed by atoms with Crippen LogP contribution in [0.1, 0.15) is 31.7 Å². The monoisotopic (exact) mass is 255 g/mol. The van der Waals surface area contributed by atoms with Crippen molar-refractivity contribution in [3.8, 4) is 6.07 Å². The number of nitrogens with one attached hydrogen (secondary N) is 1. The van der Waals surface area contributed by atoms with Gasteiger partial charge < -0.3 is 10.2 Å². The van der Waals surface area contributed by atoms with Gasteiger partial charge in [-0.15, -0.1) is 0 Å². The van der Waals surface area contributed by atoms with Gasteiger partial charge in [0.05, 0.1) is 16.9 Å². The fourth-order valence-electron chi connectivity index (χ4n) is 3.16. The summed E-state index contributed by atoms with van der Waals surface area (Å²) < 4.78 is 0. The lowest BCUT2D eigenvalue weighted by Crippen LogP contribution is -2.52. The molecule has 2 aliphatic heterocycles. The zero-order chi connectivity index (χ0) is 13.4. The van der Waals surface area contributed by atoms with Crippen LogP contribution in [0, 0.1) is 17.2 Å². The van der Waals surface area contributed by atoms with Gasteiger partial charge in [-0.25, -0.2) is 0 Å². The third-order valence-corrected chi connectivity index (χ3v) is 4.31. The quantitative estimate of drug-likeness (QED) is 0.838. The van der Waals surface area contributed by atoms with E-state index in [9.17, 15) is 4.79 Å². The van der Waals surface area contributed by atoms with Gasteiger partial charge in [0.25, 0.3) is 0 Å². The van der Waals surface area contributed by atoms with Crippen LogP contribution in [0.3, 0.4) is 0 Å². The van der Waals surface area contributed by atoms with Gasteiger partial charge in [-0.1, -0.05) is 19.4 Å². The summed E-state index contributed by atoms with van der Waals surface area (Å²) in [5.74, 6) is 0.668. The van der Waals surface area contributed by atoms with Gasteiger partial charge >= 0.3 is 0 Å². The number of fused-ring (bicyclic) bond motifs is 3. The topological polar surface area (TPSA) is 56.1 Å². The Hall–Kier alpha value is -2.02. The van der Waals surface area contributed by atoms with E-state index in [1.165, 1.54) is 0 Å². The van der Waals surface area contributed by atoms with E-state index in [4.69, 9.17) is 5.26 Å². The van der Waals surface area contributed by atoms with E-state index in [1.54, 1.807) is 6.07 Å². The minimum absolute atomic E-state index is 0.0355. The van der Waals surface area contributed by atoms with Gasteiger partial charge in [-0.3, -0.25) is 4.79 Å². The first-order valence-corrected chi connectivity index (χ1v) is 6.85. The van der Waals surface area contributed by atoms with Crippen molar-refractivity contribution in [2.45, 2.75) is 32.2 Å².